The zero-order chi connectivity index (χ0) is 18.0. The molecule has 1 heterocycles. The summed E-state index contributed by atoms with van der Waals surface area (Å²) in [6.07, 6.45) is 0.0325. The molecule has 1 atom stereocenters. The van der Waals surface area contributed by atoms with E-state index in [4.69, 9.17) is 4.74 Å². The molecule has 2 aromatic carbocycles. The summed E-state index contributed by atoms with van der Waals surface area (Å²) in [4.78, 5) is 13.5. The Morgan fingerprint density at radius 2 is 1.64 bits per heavy atom. The van der Waals surface area contributed by atoms with Gasteiger partial charge in [-0.05, 0) is 43.3 Å². The largest absolute Gasteiger partial charge is 0.457 e. The van der Waals surface area contributed by atoms with E-state index >= 15 is 0 Å². The zero-order valence-corrected chi connectivity index (χ0v) is 14.5. The maximum atomic E-state index is 12.8. The van der Waals surface area contributed by atoms with Crippen LogP contribution in [0.3, 0.4) is 0 Å². The lowest BCUT2D eigenvalue weighted by Gasteiger charge is -2.17. The number of benzene rings is 2. The first-order valence-electron chi connectivity index (χ1n) is 7.87. The van der Waals surface area contributed by atoms with Crippen molar-refractivity contribution in [1.29, 1.82) is 0 Å². The molecule has 1 fully saturated rings. The van der Waals surface area contributed by atoms with Crippen molar-refractivity contribution in [3.05, 3.63) is 54.1 Å². The summed E-state index contributed by atoms with van der Waals surface area (Å²) in [5.74, 6) is -0.0121. The normalized spacial score (nSPS) is 17.8. The quantitative estimate of drug-likeness (QED) is 0.764. The first-order chi connectivity index (χ1) is 11.8. The minimum absolute atomic E-state index is 0.0325. The number of ether oxygens (including phenoxy) is 1. The Morgan fingerprint density at radius 3 is 2.20 bits per heavy atom. The minimum atomic E-state index is -4.58. The molecule has 0 aromatic heterocycles. The third kappa shape index (κ3) is 4.57. The van der Waals surface area contributed by atoms with E-state index in [0.717, 1.165) is 5.56 Å². The molecule has 1 aliphatic rings. The second-order valence-electron chi connectivity index (χ2n) is 6.19. The predicted octanol–water partition coefficient (Wildman–Crippen LogP) is 3.44. The average molecular weight is 363 g/mol. The molecule has 1 amide bonds. The molecular weight excluding hydrogens is 345 g/mol. The van der Waals surface area contributed by atoms with Gasteiger partial charge in [-0.25, -0.2) is 0 Å². The van der Waals surface area contributed by atoms with Crippen LogP contribution in [0.1, 0.15) is 12.0 Å². The molecule has 1 unspecified atom stereocenters. The van der Waals surface area contributed by atoms with Gasteiger partial charge in [0.25, 0.3) is 0 Å². The van der Waals surface area contributed by atoms with Crippen LogP contribution in [0.5, 0.6) is 11.5 Å². The minimum Gasteiger partial charge on any atom is -0.457 e. The Balaban J connectivity index is 1.68. The fourth-order valence-electron chi connectivity index (χ4n) is 2.86. The van der Waals surface area contributed by atoms with Gasteiger partial charge in [0.1, 0.15) is 11.5 Å². The number of halogens is 1. The molecule has 1 aliphatic heterocycles. The van der Waals surface area contributed by atoms with Crippen molar-refractivity contribution < 1.29 is 21.8 Å². The number of carbonyl (C=O) groups excluding carboxylic acids is 1. The molecule has 132 valence electrons. The Morgan fingerprint density at radius 1 is 1.08 bits per heavy atom. The van der Waals surface area contributed by atoms with Gasteiger partial charge in [-0.2, -0.15) is 8.42 Å². The molecule has 1 saturated heterocycles. The highest BCUT2D eigenvalue weighted by Crippen LogP contribution is 2.29. The zero-order valence-electron chi connectivity index (χ0n) is 13.7. The van der Waals surface area contributed by atoms with Gasteiger partial charge in [0.2, 0.25) is 5.91 Å². The SMILES string of the molecule is Cc1ccc(Oc2ccc(N3CC(CS(=O)(=O)F)CC3=O)cc2)cc1. The number of hydrogen-bond acceptors (Lipinski definition) is 4. The topological polar surface area (TPSA) is 63.7 Å². The van der Waals surface area contributed by atoms with Crippen LogP contribution in [0.2, 0.25) is 0 Å². The van der Waals surface area contributed by atoms with E-state index in [1.807, 2.05) is 31.2 Å². The molecule has 0 saturated carbocycles. The van der Waals surface area contributed by atoms with Crippen molar-refractivity contribution in [2.24, 2.45) is 5.92 Å². The van der Waals surface area contributed by atoms with Gasteiger partial charge in [-0.1, -0.05) is 17.7 Å². The molecule has 0 spiro atoms. The number of carbonyl (C=O) groups is 1. The number of aryl methyl sites for hydroxylation is 1. The van der Waals surface area contributed by atoms with Crippen LogP contribution in [0.4, 0.5) is 9.57 Å². The third-order valence-electron chi connectivity index (χ3n) is 4.04. The average Bonchev–Trinajstić information content (AvgIpc) is 2.89. The van der Waals surface area contributed by atoms with Crippen molar-refractivity contribution in [3.63, 3.8) is 0 Å². The maximum Gasteiger partial charge on any atom is 0.302 e. The monoisotopic (exact) mass is 363 g/mol. The van der Waals surface area contributed by atoms with E-state index in [-0.39, 0.29) is 18.9 Å². The molecule has 5 nitrogen and oxygen atoms in total. The van der Waals surface area contributed by atoms with Gasteiger partial charge >= 0.3 is 10.2 Å². The van der Waals surface area contributed by atoms with E-state index in [0.29, 0.717) is 17.2 Å². The maximum absolute atomic E-state index is 12.8. The third-order valence-corrected chi connectivity index (χ3v) is 4.91. The van der Waals surface area contributed by atoms with Gasteiger partial charge in [-0.15, -0.1) is 3.89 Å². The Hall–Kier alpha value is -2.41. The van der Waals surface area contributed by atoms with Crippen LogP contribution >= 0.6 is 0 Å². The first kappa shape index (κ1) is 17.4. The molecule has 0 bridgehead atoms. The number of rotatable bonds is 5. The number of anilines is 1. The highest BCUT2D eigenvalue weighted by atomic mass is 32.3. The smallest absolute Gasteiger partial charge is 0.302 e. The second kappa shape index (κ2) is 6.84. The summed E-state index contributed by atoms with van der Waals surface area (Å²) < 4.78 is 40.1. The van der Waals surface area contributed by atoms with Crippen molar-refractivity contribution >= 4 is 21.8 Å². The summed E-state index contributed by atoms with van der Waals surface area (Å²) in [7, 11) is -4.58. The summed E-state index contributed by atoms with van der Waals surface area (Å²) in [6.45, 7) is 2.19. The van der Waals surface area contributed by atoms with E-state index in [9.17, 15) is 17.1 Å². The van der Waals surface area contributed by atoms with Gasteiger partial charge in [-0.3, -0.25) is 4.79 Å². The number of amides is 1. The van der Waals surface area contributed by atoms with E-state index < -0.39 is 21.9 Å². The fourth-order valence-corrected chi connectivity index (χ4v) is 3.65. The van der Waals surface area contributed by atoms with Crippen LogP contribution in [-0.4, -0.2) is 26.6 Å². The highest BCUT2D eigenvalue weighted by Gasteiger charge is 2.33. The summed E-state index contributed by atoms with van der Waals surface area (Å²) in [5.41, 5.74) is 1.78. The van der Waals surface area contributed by atoms with Crippen molar-refractivity contribution in [3.8, 4) is 11.5 Å². The van der Waals surface area contributed by atoms with Crippen molar-refractivity contribution in [2.45, 2.75) is 13.3 Å². The standard InChI is InChI=1S/C18H18FNO4S/c1-13-2-6-16(7-3-13)24-17-8-4-15(5-9-17)20-11-14(10-18(20)21)12-25(19,22)23/h2-9,14H,10-12H2,1H3. The summed E-state index contributed by atoms with van der Waals surface area (Å²) in [5, 5.41) is 0. The molecule has 3 rings (SSSR count). The van der Waals surface area contributed by atoms with Gasteiger partial charge in [0.15, 0.2) is 0 Å². The van der Waals surface area contributed by atoms with E-state index in [2.05, 4.69) is 0 Å². The molecule has 0 N–H and O–H groups in total. The number of nitrogens with zero attached hydrogens (tertiary/aromatic N) is 1. The van der Waals surface area contributed by atoms with Crippen LogP contribution in [0.25, 0.3) is 0 Å². The van der Waals surface area contributed by atoms with Gasteiger partial charge in [0, 0.05) is 24.6 Å². The lowest BCUT2D eigenvalue weighted by molar-refractivity contribution is -0.117. The number of hydrogen-bond donors (Lipinski definition) is 0. The van der Waals surface area contributed by atoms with Crippen LogP contribution in [0.15, 0.2) is 48.5 Å². The van der Waals surface area contributed by atoms with Crippen LogP contribution < -0.4 is 9.64 Å². The molecular formula is C18H18FNO4S. The van der Waals surface area contributed by atoms with Gasteiger partial charge in [0.05, 0.1) is 5.75 Å². The van der Waals surface area contributed by atoms with Crippen LogP contribution in [0, 0.1) is 12.8 Å². The van der Waals surface area contributed by atoms with Crippen LogP contribution in [-0.2, 0) is 15.0 Å². The fraction of sp³-hybridized carbons (Fsp3) is 0.278. The van der Waals surface area contributed by atoms with E-state index in [1.54, 1.807) is 24.3 Å². The lowest BCUT2D eigenvalue weighted by Crippen LogP contribution is -2.25. The van der Waals surface area contributed by atoms with Crippen molar-refractivity contribution in [1.82, 2.24) is 0 Å². The molecule has 25 heavy (non-hydrogen) atoms. The molecule has 0 radical (unpaired) electrons. The summed E-state index contributed by atoms with van der Waals surface area (Å²) in [6, 6.07) is 14.6. The Bertz CT molecular complexity index is 863. The molecule has 2 aromatic rings. The molecule has 7 heteroatoms. The summed E-state index contributed by atoms with van der Waals surface area (Å²) >= 11 is 0. The highest BCUT2D eigenvalue weighted by molar-refractivity contribution is 7.86. The molecule has 0 aliphatic carbocycles. The van der Waals surface area contributed by atoms with Gasteiger partial charge < -0.3 is 9.64 Å². The lowest BCUT2D eigenvalue weighted by atomic mass is 10.1. The predicted molar refractivity (Wildman–Crippen MR) is 93.0 cm³/mol. The second-order valence-corrected chi connectivity index (χ2v) is 7.60. The first-order valence-corrected chi connectivity index (χ1v) is 9.43. The Labute approximate surface area is 146 Å². The van der Waals surface area contributed by atoms with Crippen molar-refractivity contribution in [2.75, 3.05) is 17.2 Å². The Kier molecular flexibility index (Phi) is 4.76. The van der Waals surface area contributed by atoms with E-state index in [1.165, 1.54) is 4.90 Å².